The normalized spacial score (nSPS) is 10.2. The van der Waals surface area contributed by atoms with E-state index in [-0.39, 0.29) is 24.6 Å². The smallest absolute Gasteiger partial charge is 0.407 e. The Kier molecular flexibility index (Phi) is 10.7. The highest BCUT2D eigenvalue weighted by Crippen LogP contribution is 2.19. The highest BCUT2D eigenvalue weighted by atomic mass is 16.6. The Morgan fingerprint density at radius 1 is 0.676 bits per heavy atom. The van der Waals surface area contributed by atoms with Gasteiger partial charge in [0.1, 0.15) is 13.2 Å². The average Bonchev–Trinajstić information content (AvgIpc) is 2.83. The number of benzene rings is 2. The number of unbranched alkanes of at least 4 members (excludes halogenated alkanes) is 3. The van der Waals surface area contributed by atoms with E-state index >= 15 is 0 Å². The summed E-state index contributed by atoms with van der Waals surface area (Å²) in [5.74, 6) is 0. The standard InChI is InChI=1S/C22H26N4O8/c27-21(33-15-17-9-3-5-11-19(17)25(29)30)23-13-7-1-2-8-14-24-22(28)34-16-18-10-4-6-12-20(18)26(31)32/h3-6,9-12H,1-2,7-8,13-16H2,(H,23,27)(H,24,28). The summed E-state index contributed by atoms with van der Waals surface area (Å²) in [4.78, 5) is 44.3. The molecule has 0 aliphatic carbocycles. The number of alkyl carbamates (subject to hydrolysis) is 2. The number of ether oxygens (including phenoxy) is 2. The van der Waals surface area contributed by atoms with Crippen molar-refractivity contribution in [2.75, 3.05) is 13.1 Å². The number of para-hydroxylation sites is 2. The number of hydrogen-bond acceptors (Lipinski definition) is 8. The van der Waals surface area contributed by atoms with Crippen LogP contribution in [0.4, 0.5) is 21.0 Å². The maximum absolute atomic E-state index is 11.7. The van der Waals surface area contributed by atoms with Gasteiger partial charge in [0, 0.05) is 25.2 Å². The second-order valence-corrected chi connectivity index (χ2v) is 7.19. The minimum Gasteiger partial charge on any atom is -0.444 e. The molecule has 0 fully saturated rings. The molecule has 0 aliphatic heterocycles. The van der Waals surface area contributed by atoms with E-state index in [1.54, 1.807) is 24.3 Å². The van der Waals surface area contributed by atoms with Crippen LogP contribution in [0.5, 0.6) is 0 Å². The molecular formula is C22H26N4O8. The maximum atomic E-state index is 11.7. The van der Waals surface area contributed by atoms with Crippen molar-refractivity contribution in [1.82, 2.24) is 10.6 Å². The van der Waals surface area contributed by atoms with Gasteiger partial charge in [-0.3, -0.25) is 20.2 Å². The Morgan fingerprint density at radius 3 is 1.44 bits per heavy atom. The number of nitrogens with one attached hydrogen (secondary N) is 2. The summed E-state index contributed by atoms with van der Waals surface area (Å²) in [6.07, 6.45) is 1.70. The molecule has 2 rings (SSSR count). The fourth-order valence-electron chi connectivity index (χ4n) is 3.00. The number of nitro benzene ring substituents is 2. The molecule has 0 spiro atoms. The quantitative estimate of drug-likeness (QED) is 0.248. The number of carbonyl (C=O) groups excluding carboxylic acids is 2. The number of carbonyl (C=O) groups is 2. The first-order valence-corrected chi connectivity index (χ1v) is 10.6. The molecular weight excluding hydrogens is 448 g/mol. The number of hydrogen-bond donors (Lipinski definition) is 2. The fraction of sp³-hybridized carbons (Fsp3) is 0.364. The SMILES string of the molecule is O=C(NCCCCCCNC(=O)OCc1ccccc1[N+](=O)[O-])OCc1ccccc1[N+](=O)[O-]. The lowest BCUT2D eigenvalue weighted by atomic mass is 10.2. The van der Waals surface area contributed by atoms with Gasteiger partial charge in [-0.2, -0.15) is 0 Å². The van der Waals surface area contributed by atoms with Crippen LogP contribution >= 0.6 is 0 Å². The Bertz CT molecular complexity index is 919. The molecule has 0 saturated heterocycles. The van der Waals surface area contributed by atoms with Crippen LogP contribution in [0.1, 0.15) is 36.8 Å². The molecule has 0 heterocycles. The van der Waals surface area contributed by atoms with Gasteiger partial charge in [-0.15, -0.1) is 0 Å². The molecule has 2 aromatic rings. The third kappa shape index (κ3) is 9.10. The monoisotopic (exact) mass is 474 g/mol. The van der Waals surface area contributed by atoms with Crippen molar-refractivity contribution in [3.8, 4) is 0 Å². The minimum atomic E-state index is -0.652. The molecule has 0 bridgehead atoms. The summed E-state index contributed by atoms with van der Waals surface area (Å²) >= 11 is 0. The molecule has 2 N–H and O–H groups in total. The second-order valence-electron chi connectivity index (χ2n) is 7.19. The van der Waals surface area contributed by atoms with Gasteiger partial charge in [-0.1, -0.05) is 37.1 Å². The molecule has 34 heavy (non-hydrogen) atoms. The number of nitrogens with zero attached hydrogens (tertiary/aromatic N) is 2. The van der Waals surface area contributed by atoms with Crippen LogP contribution in [0.15, 0.2) is 48.5 Å². The lowest BCUT2D eigenvalue weighted by molar-refractivity contribution is -0.386. The summed E-state index contributed by atoms with van der Waals surface area (Å²) in [5.41, 5.74) is 0.426. The molecule has 12 heteroatoms. The molecule has 12 nitrogen and oxygen atoms in total. The zero-order valence-corrected chi connectivity index (χ0v) is 18.4. The predicted octanol–water partition coefficient (Wildman–Crippen LogP) is 4.22. The highest BCUT2D eigenvalue weighted by Gasteiger charge is 2.15. The molecule has 2 aromatic carbocycles. The first-order chi connectivity index (χ1) is 16.4. The zero-order chi connectivity index (χ0) is 24.8. The third-order valence-electron chi connectivity index (χ3n) is 4.74. The van der Waals surface area contributed by atoms with E-state index in [1.807, 2.05) is 0 Å². The largest absolute Gasteiger partial charge is 0.444 e. The lowest BCUT2D eigenvalue weighted by Crippen LogP contribution is -2.26. The lowest BCUT2D eigenvalue weighted by Gasteiger charge is -2.08. The molecule has 0 radical (unpaired) electrons. The molecule has 182 valence electrons. The zero-order valence-electron chi connectivity index (χ0n) is 18.4. The van der Waals surface area contributed by atoms with Gasteiger partial charge in [0.2, 0.25) is 0 Å². The molecule has 0 atom stereocenters. The molecule has 0 unspecified atom stereocenters. The van der Waals surface area contributed by atoms with E-state index < -0.39 is 22.0 Å². The summed E-state index contributed by atoms with van der Waals surface area (Å²) in [7, 11) is 0. The Balaban J connectivity index is 1.50. The number of nitro groups is 2. The van der Waals surface area contributed by atoms with Crippen LogP contribution < -0.4 is 10.6 Å². The number of rotatable bonds is 13. The third-order valence-corrected chi connectivity index (χ3v) is 4.74. The van der Waals surface area contributed by atoms with E-state index in [1.165, 1.54) is 24.3 Å². The van der Waals surface area contributed by atoms with Crippen LogP contribution in [-0.4, -0.2) is 35.1 Å². The van der Waals surface area contributed by atoms with Crippen molar-refractivity contribution in [2.24, 2.45) is 0 Å². The maximum Gasteiger partial charge on any atom is 0.407 e. The van der Waals surface area contributed by atoms with E-state index in [0.29, 0.717) is 37.1 Å². The van der Waals surface area contributed by atoms with Crippen LogP contribution in [0.3, 0.4) is 0 Å². The Morgan fingerprint density at radius 2 is 1.06 bits per heavy atom. The second kappa shape index (κ2) is 14.0. The average molecular weight is 474 g/mol. The van der Waals surface area contributed by atoms with Gasteiger partial charge in [0.25, 0.3) is 11.4 Å². The number of amides is 2. The van der Waals surface area contributed by atoms with Crippen molar-refractivity contribution in [3.63, 3.8) is 0 Å². The first-order valence-electron chi connectivity index (χ1n) is 10.6. The van der Waals surface area contributed by atoms with Crippen molar-refractivity contribution in [3.05, 3.63) is 79.9 Å². The van der Waals surface area contributed by atoms with Gasteiger partial charge in [0.05, 0.1) is 21.0 Å². The Hall–Kier alpha value is -4.22. The molecule has 2 amide bonds. The summed E-state index contributed by atoms with van der Waals surface area (Å²) in [6.45, 7) is 0.396. The van der Waals surface area contributed by atoms with Crippen molar-refractivity contribution in [2.45, 2.75) is 38.9 Å². The highest BCUT2D eigenvalue weighted by molar-refractivity contribution is 5.67. The van der Waals surface area contributed by atoms with Crippen LogP contribution in [-0.2, 0) is 22.7 Å². The minimum absolute atomic E-state index is 0.103. The first kappa shape index (κ1) is 26.0. The van der Waals surface area contributed by atoms with E-state index in [9.17, 15) is 29.8 Å². The van der Waals surface area contributed by atoms with Crippen molar-refractivity contribution in [1.29, 1.82) is 0 Å². The molecule has 0 saturated carbocycles. The van der Waals surface area contributed by atoms with E-state index in [4.69, 9.17) is 9.47 Å². The van der Waals surface area contributed by atoms with Gasteiger partial charge in [0.15, 0.2) is 0 Å². The molecule has 0 aromatic heterocycles. The van der Waals surface area contributed by atoms with Crippen molar-refractivity contribution < 1.29 is 28.9 Å². The van der Waals surface area contributed by atoms with Gasteiger partial charge in [-0.05, 0) is 25.0 Å². The molecule has 0 aliphatic rings. The van der Waals surface area contributed by atoms with Gasteiger partial charge >= 0.3 is 12.2 Å². The van der Waals surface area contributed by atoms with E-state index in [0.717, 1.165) is 12.8 Å². The fourth-order valence-corrected chi connectivity index (χ4v) is 3.00. The summed E-state index contributed by atoms with van der Waals surface area (Å²) in [6, 6.07) is 12.1. The summed E-state index contributed by atoms with van der Waals surface area (Å²) in [5, 5.41) is 27.1. The summed E-state index contributed by atoms with van der Waals surface area (Å²) < 4.78 is 10.0. The van der Waals surface area contributed by atoms with Crippen LogP contribution in [0.2, 0.25) is 0 Å². The van der Waals surface area contributed by atoms with Crippen molar-refractivity contribution >= 4 is 23.6 Å². The predicted molar refractivity (Wildman–Crippen MR) is 121 cm³/mol. The van der Waals surface area contributed by atoms with Gasteiger partial charge in [-0.25, -0.2) is 9.59 Å². The topological polar surface area (TPSA) is 163 Å². The van der Waals surface area contributed by atoms with Crippen LogP contribution in [0, 0.1) is 20.2 Å². The Labute approximate surface area is 195 Å². The van der Waals surface area contributed by atoms with Gasteiger partial charge < -0.3 is 20.1 Å². The van der Waals surface area contributed by atoms with E-state index in [2.05, 4.69) is 10.6 Å². The van der Waals surface area contributed by atoms with Crippen LogP contribution in [0.25, 0.3) is 0 Å².